The van der Waals surface area contributed by atoms with Crippen molar-refractivity contribution in [3.05, 3.63) is 53.9 Å². The molecule has 2 N–H and O–H groups in total. The minimum atomic E-state index is 0.376. The fourth-order valence-electron chi connectivity index (χ4n) is 2.55. The molecule has 0 bridgehead atoms. The largest absolute Gasteiger partial charge is 0.357 e. The summed E-state index contributed by atoms with van der Waals surface area (Å²) in [6, 6.07) is 11.0. The number of hydrogen-bond acceptors (Lipinski definition) is 2. The summed E-state index contributed by atoms with van der Waals surface area (Å²) < 4.78 is 1.83. The van der Waals surface area contributed by atoms with E-state index < -0.39 is 0 Å². The first-order valence-electron chi connectivity index (χ1n) is 8.73. The zero-order chi connectivity index (χ0) is 17.2. The van der Waals surface area contributed by atoms with Crippen LogP contribution in [0.3, 0.4) is 0 Å². The fourth-order valence-corrected chi connectivity index (χ4v) is 2.55. The summed E-state index contributed by atoms with van der Waals surface area (Å²) in [5.74, 6) is 0.891. The molecule has 5 heteroatoms. The van der Waals surface area contributed by atoms with Crippen molar-refractivity contribution in [1.29, 1.82) is 0 Å². The van der Waals surface area contributed by atoms with Crippen LogP contribution in [0.4, 0.5) is 0 Å². The Bertz CT molecular complexity index is 618. The van der Waals surface area contributed by atoms with Gasteiger partial charge in [-0.25, -0.2) is 0 Å². The van der Waals surface area contributed by atoms with E-state index in [9.17, 15) is 0 Å². The van der Waals surface area contributed by atoms with Crippen LogP contribution in [0.1, 0.15) is 31.4 Å². The van der Waals surface area contributed by atoms with Gasteiger partial charge in [0, 0.05) is 32.4 Å². The molecule has 0 radical (unpaired) electrons. The molecule has 1 aromatic heterocycles. The lowest BCUT2D eigenvalue weighted by atomic mass is 10.1. The summed E-state index contributed by atoms with van der Waals surface area (Å²) in [5, 5.41) is 11.0. The Labute approximate surface area is 145 Å². The standard InChI is InChI=1S/C19H29N5/c1-4-20-19(21-13-12-18-14-22-24(3)15-18)23-16(2)10-11-17-8-6-5-7-9-17/h5-9,14-16H,4,10-13H2,1-3H3,(H2,20,21,23). The summed E-state index contributed by atoms with van der Waals surface area (Å²) in [4.78, 5) is 4.67. The van der Waals surface area contributed by atoms with E-state index in [1.54, 1.807) is 0 Å². The van der Waals surface area contributed by atoms with Crippen molar-refractivity contribution in [2.45, 2.75) is 39.2 Å². The van der Waals surface area contributed by atoms with E-state index in [2.05, 4.69) is 64.9 Å². The van der Waals surface area contributed by atoms with Crippen molar-refractivity contribution in [1.82, 2.24) is 20.4 Å². The monoisotopic (exact) mass is 327 g/mol. The van der Waals surface area contributed by atoms with Crippen molar-refractivity contribution in [2.75, 3.05) is 13.1 Å². The van der Waals surface area contributed by atoms with Crippen LogP contribution in [0.25, 0.3) is 0 Å². The van der Waals surface area contributed by atoms with Crippen molar-refractivity contribution in [3.63, 3.8) is 0 Å². The van der Waals surface area contributed by atoms with E-state index in [1.165, 1.54) is 11.1 Å². The van der Waals surface area contributed by atoms with Crippen LogP contribution in [0.2, 0.25) is 0 Å². The molecule has 0 saturated carbocycles. The summed E-state index contributed by atoms with van der Waals surface area (Å²) in [6.45, 7) is 5.92. The lowest BCUT2D eigenvalue weighted by molar-refractivity contribution is 0.593. The zero-order valence-corrected chi connectivity index (χ0v) is 15.0. The Morgan fingerprint density at radius 2 is 2.00 bits per heavy atom. The van der Waals surface area contributed by atoms with Gasteiger partial charge in [-0.05, 0) is 44.2 Å². The van der Waals surface area contributed by atoms with Gasteiger partial charge in [0.05, 0.1) is 6.20 Å². The molecule has 1 atom stereocenters. The predicted octanol–water partition coefficient (Wildman–Crippen LogP) is 2.54. The smallest absolute Gasteiger partial charge is 0.191 e. The van der Waals surface area contributed by atoms with Gasteiger partial charge in [-0.3, -0.25) is 9.67 Å². The van der Waals surface area contributed by atoms with Crippen LogP contribution in [-0.4, -0.2) is 34.9 Å². The summed E-state index contributed by atoms with van der Waals surface area (Å²) in [7, 11) is 1.94. The maximum absolute atomic E-state index is 4.67. The maximum Gasteiger partial charge on any atom is 0.191 e. The average Bonchev–Trinajstić information content (AvgIpc) is 2.99. The first kappa shape index (κ1) is 18.0. The highest BCUT2D eigenvalue weighted by atomic mass is 15.2. The number of aryl methyl sites for hydroxylation is 2. The third kappa shape index (κ3) is 6.44. The van der Waals surface area contributed by atoms with Gasteiger partial charge in [0.15, 0.2) is 5.96 Å². The van der Waals surface area contributed by atoms with Crippen LogP contribution >= 0.6 is 0 Å². The second-order valence-electron chi connectivity index (χ2n) is 6.10. The molecule has 0 aliphatic heterocycles. The molecule has 2 rings (SSSR count). The van der Waals surface area contributed by atoms with Crippen molar-refractivity contribution in [2.24, 2.45) is 12.0 Å². The number of nitrogens with one attached hydrogen (secondary N) is 2. The number of aromatic nitrogens is 2. The number of hydrogen-bond donors (Lipinski definition) is 2. The normalized spacial score (nSPS) is 12.9. The molecule has 0 fully saturated rings. The van der Waals surface area contributed by atoms with Gasteiger partial charge < -0.3 is 10.6 Å². The highest BCUT2D eigenvalue weighted by molar-refractivity contribution is 5.80. The molecular formula is C19H29N5. The number of guanidine groups is 1. The molecule has 0 spiro atoms. The SMILES string of the molecule is CCNC(=NCCc1cnn(C)c1)NC(C)CCc1ccccc1. The molecule has 0 aliphatic rings. The van der Waals surface area contributed by atoms with Gasteiger partial charge in [0.1, 0.15) is 0 Å². The zero-order valence-electron chi connectivity index (χ0n) is 15.0. The highest BCUT2D eigenvalue weighted by Gasteiger charge is 2.05. The minimum Gasteiger partial charge on any atom is -0.357 e. The molecule has 1 aromatic carbocycles. The van der Waals surface area contributed by atoms with Gasteiger partial charge in [-0.1, -0.05) is 30.3 Å². The Balaban J connectivity index is 1.79. The molecular weight excluding hydrogens is 298 g/mol. The third-order valence-corrected chi connectivity index (χ3v) is 3.86. The molecule has 1 heterocycles. The Morgan fingerprint density at radius 1 is 1.21 bits per heavy atom. The van der Waals surface area contributed by atoms with Crippen molar-refractivity contribution in [3.8, 4) is 0 Å². The number of benzene rings is 1. The minimum absolute atomic E-state index is 0.376. The summed E-state index contributed by atoms with van der Waals surface area (Å²) in [5.41, 5.74) is 2.60. The van der Waals surface area contributed by atoms with E-state index in [4.69, 9.17) is 0 Å². The lowest BCUT2D eigenvalue weighted by Gasteiger charge is -2.17. The Hall–Kier alpha value is -2.30. The maximum atomic E-state index is 4.67. The topological polar surface area (TPSA) is 54.2 Å². The van der Waals surface area contributed by atoms with E-state index >= 15 is 0 Å². The quantitative estimate of drug-likeness (QED) is 0.579. The lowest BCUT2D eigenvalue weighted by Crippen LogP contribution is -2.42. The Morgan fingerprint density at radius 3 is 2.67 bits per heavy atom. The first-order chi connectivity index (χ1) is 11.7. The van der Waals surface area contributed by atoms with Gasteiger partial charge in [0.2, 0.25) is 0 Å². The van der Waals surface area contributed by atoms with Crippen LogP contribution < -0.4 is 10.6 Å². The number of aliphatic imine (C=N–C) groups is 1. The van der Waals surface area contributed by atoms with Gasteiger partial charge in [0.25, 0.3) is 0 Å². The predicted molar refractivity (Wildman–Crippen MR) is 100 cm³/mol. The average molecular weight is 327 g/mol. The molecule has 2 aromatic rings. The van der Waals surface area contributed by atoms with Gasteiger partial charge in [-0.2, -0.15) is 5.10 Å². The molecule has 1 unspecified atom stereocenters. The second-order valence-corrected chi connectivity index (χ2v) is 6.10. The van der Waals surface area contributed by atoms with E-state index in [-0.39, 0.29) is 0 Å². The first-order valence-corrected chi connectivity index (χ1v) is 8.73. The number of rotatable bonds is 8. The summed E-state index contributed by atoms with van der Waals surface area (Å²) >= 11 is 0. The van der Waals surface area contributed by atoms with Crippen LogP contribution in [0.5, 0.6) is 0 Å². The van der Waals surface area contributed by atoms with E-state index in [0.29, 0.717) is 6.04 Å². The molecule has 5 nitrogen and oxygen atoms in total. The van der Waals surface area contributed by atoms with Crippen molar-refractivity contribution >= 4 is 5.96 Å². The fraction of sp³-hybridized carbons (Fsp3) is 0.474. The molecule has 0 aliphatic carbocycles. The van der Waals surface area contributed by atoms with Crippen LogP contribution in [0.15, 0.2) is 47.7 Å². The molecule has 24 heavy (non-hydrogen) atoms. The Kier molecular flexibility index (Phi) is 7.33. The molecule has 130 valence electrons. The van der Waals surface area contributed by atoms with Crippen molar-refractivity contribution < 1.29 is 0 Å². The highest BCUT2D eigenvalue weighted by Crippen LogP contribution is 2.04. The van der Waals surface area contributed by atoms with E-state index in [1.807, 2.05) is 24.1 Å². The molecule has 0 amide bonds. The van der Waals surface area contributed by atoms with Gasteiger partial charge >= 0.3 is 0 Å². The van der Waals surface area contributed by atoms with Gasteiger partial charge in [-0.15, -0.1) is 0 Å². The van der Waals surface area contributed by atoms with Crippen LogP contribution in [0, 0.1) is 0 Å². The van der Waals surface area contributed by atoms with E-state index in [0.717, 1.165) is 38.3 Å². The second kappa shape index (κ2) is 9.75. The van der Waals surface area contributed by atoms with Crippen LogP contribution in [-0.2, 0) is 19.9 Å². The third-order valence-electron chi connectivity index (χ3n) is 3.86. The summed E-state index contributed by atoms with van der Waals surface area (Å²) in [6.07, 6.45) is 7.00. The molecule has 0 saturated heterocycles. The number of nitrogens with zero attached hydrogens (tertiary/aromatic N) is 3.